The van der Waals surface area contributed by atoms with Crippen molar-refractivity contribution in [1.29, 1.82) is 0 Å². The first-order chi connectivity index (χ1) is 12.5. The molecule has 1 aromatic heterocycles. The van der Waals surface area contributed by atoms with Gasteiger partial charge in [-0.2, -0.15) is 0 Å². The van der Waals surface area contributed by atoms with Gasteiger partial charge in [0.15, 0.2) is 0 Å². The number of allylic oxidation sites excluding steroid dienone is 4. The Morgan fingerprint density at radius 1 is 0.923 bits per heavy atom. The Kier molecular flexibility index (Phi) is 4.29. The lowest BCUT2D eigenvalue weighted by molar-refractivity contribution is 0.477. The summed E-state index contributed by atoms with van der Waals surface area (Å²) in [5.41, 5.74) is 5.11. The fourth-order valence-corrected chi connectivity index (χ4v) is 5.10. The summed E-state index contributed by atoms with van der Waals surface area (Å²) in [6, 6.07) is 13.9. The molecule has 26 heavy (non-hydrogen) atoms. The number of aromatic nitrogens is 1. The normalized spacial score (nSPS) is 15.3. The standard InChI is InChI=1S/C21H20N2OS2/c1-12-14(3)25-15(4)13(2)23(12)16-9-10-17(19(24)11-16)21-22-18-7-5-6-8-20(18)26-21/h5-11,24H,1-4H3. The smallest absolute Gasteiger partial charge is 0.128 e. The van der Waals surface area contributed by atoms with Crippen LogP contribution >= 0.6 is 23.1 Å². The fourth-order valence-electron chi connectivity index (χ4n) is 3.16. The van der Waals surface area contributed by atoms with Crippen LogP contribution in [0.15, 0.2) is 63.7 Å². The molecular formula is C21H20N2OS2. The van der Waals surface area contributed by atoms with Crippen LogP contribution in [0.25, 0.3) is 20.8 Å². The van der Waals surface area contributed by atoms with Gasteiger partial charge in [-0.15, -0.1) is 11.3 Å². The number of phenolic OH excluding ortho intramolecular Hbond substituents is 1. The van der Waals surface area contributed by atoms with Crippen molar-refractivity contribution in [2.75, 3.05) is 4.90 Å². The molecule has 0 atom stereocenters. The zero-order valence-electron chi connectivity index (χ0n) is 15.2. The number of anilines is 1. The molecule has 0 spiro atoms. The van der Waals surface area contributed by atoms with E-state index in [-0.39, 0.29) is 5.75 Å². The highest BCUT2D eigenvalue weighted by molar-refractivity contribution is 8.06. The molecule has 2 aromatic carbocycles. The van der Waals surface area contributed by atoms with Crippen LogP contribution in [0.4, 0.5) is 5.69 Å². The maximum absolute atomic E-state index is 10.7. The molecule has 1 aliphatic rings. The lowest BCUT2D eigenvalue weighted by atomic mass is 10.1. The van der Waals surface area contributed by atoms with Crippen LogP contribution in [0.1, 0.15) is 27.7 Å². The number of para-hydroxylation sites is 1. The molecule has 0 bridgehead atoms. The Morgan fingerprint density at radius 3 is 2.27 bits per heavy atom. The number of benzene rings is 2. The van der Waals surface area contributed by atoms with Gasteiger partial charge in [0.1, 0.15) is 10.8 Å². The van der Waals surface area contributed by atoms with Gasteiger partial charge in [0, 0.05) is 33.0 Å². The molecule has 0 amide bonds. The average molecular weight is 381 g/mol. The zero-order chi connectivity index (χ0) is 18.4. The lowest BCUT2D eigenvalue weighted by Crippen LogP contribution is -2.22. The first-order valence-electron chi connectivity index (χ1n) is 8.47. The summed E-state index contributed by atoms with van der Waals surface area (Å²) in [5, 5.41) is 11.6. The van der Waals surface area contributed by atoms with Crippen LogP contribution in [-0.2, 0) is 0 Å². The topological polar surface area (TPSA) is 36.4 Å². The van der Waals surface area contributed by atoms with E-state index in [2.05, 4.69) is 49.7 Å². The number of thioether (sulfide) groups is 1. The van der Waals surface area contributed by atoms with Crippen LogP contribution in [0, 0.1) is 0 Å². The highest BCUT2D eigenvalue weighted by atomic mass is 32.2. The summed E-state index contributed by atoms with van der Waals surface area (Å²) in [6.07, 6.45) is 0. The zero-order valence-corrected chi connectivity index (χ0v) is 16.8. The van der Waals surface area contributed by atoms with E-state index in [0.29, 0.717) is 0 Å². The number of thiazole rings is 1. The summed E-state index contributed by atoms with van der Waals surface area (Å²) in [7, 11) is 0. The van der Waals surface area contributed by atoms with E-state index in [4.69, 9.17) is 0 Å². The van der Waals surface area contributed by atoms with E-state index in [1.807, 2.05) is 42.1 Å². The third kappa shape index (κ3) is 2.81. The maximum Gasteiger partial charge on any atom is 0.128 e. The van der Waals surface area contributed by atoms with Crippen LogP contribution in [0.2, 0.25) is 0 Å². The molecule has 0 fully saturated rings. The average Bonchev–Trinajstić information content (AvgIpc) is 3.04. The van der Waals surface area contributed by atoms with E-state index >= 15 is 0 Å². The van der Waals surface area contributed by atoms with Gasteiger partial charge in [-0.05, 0) is 52.0 Å². The number of aromatic hydroxyl groups is 1. The van der Waals surface area contributed by atoms with Crippen molar-refractivity contribution in [3.8, 4) is 16.3 Å². The van der Waals surface area contributed by atoms with Crippen molar-refractivity contribution in [2.45, 2.75) is 27.7 Å². The minimum absolute atomic E-state index is 0.260. The molecule has 3 aromatic rings. The van der Waals surface area contributed by atoms with Gasteiger partial charge >= 0.3 is 0 Å². The van der Waals surface area contributed by atoms with Gasteiger partial charge in [0.25, 0.3) is 0 Å². The van der Waals surface area contributed by atoms with E-state index < -0.39 is 0 Å². The van der Waals surface area contributed by atoms with Gasteiger partial charge in [-0.3, -0.25) is 0 Å². The van der Waals surface area contributed by atoms with E-state index in [1.165, 1.54) is 21.2 Å². The van der Waals surface area contributed by atoms with Crippen molar-refractivity contribution in [1.82, 2.24) is 4.98 Å². The van der Waals surface area contributed by atoms with E-state index in [1.54, 1.807) is 11.3 Å². The fraction of sp³-hybridized carbons (Fsp3) is 0.190. The largest absolute Gasteiger partial charge is 0.507 e. The van der Waals surface area contributed by atoms with Gasteiger partial charge in [0.05, 0.1) is 15.8 Å². The molecular weight excluding hydrogens is 360 g/mol. The summed E-state index contributed by atoms with van der Waals surface area (Å²) in [4.78, 5) is 9.44. The van der Waals surface area contributed by atoms with Crippen LogP contribution < -0.4 is 4.90 Å². The Hall–Kier alpha value is -2.24. The minimum atomic E-state index is 0.260. The second-order valence-corrected chi connectivity index (χ2v) is 8.87. The second-order valence-electron chi connectivity index (χ2n) is 6.41. The van der Waals surface area contributed by atoms with E-state index in [9.17, 15) is 5.11 Å². The van der Waals surface area contributed by atoms with Crippen molar-refractivity contribution < 1.29 is 5.11 Å². The molecule has 0 saturated heterocycles. The molecule has 132 valence electrons. The van der Waals surface area contributed by atoms with Gasteiger partial charge in [-0.25, -0.2) is 4.98 Å². The molecule has 1 aliphatic heterocycles. The SMILES string of the molecule is CC1=C(C)N(c2ccc(-c3nc4ccccc4s3)c(O)c2)C(C)=C(C)S1. The van der Waals surface area contributed by atoms with Gasteiger partial charge in [-0.1, -0.05) is 23.9 Å². The molecule has 1 N–H and O–H groups in total. The summed E-state index contributed by atoms with van der Waals surface area (Å²) < 4.78 is 1.13. The maximum atomic E-state index is 10.7. The Morgan fingerprint density at radius 2 is 1.62 bits per heavy atom. The van der Waals surface area contributed by atoms with Crippen molar-refractivity contribution in [2.24, 2.45) is 0 Å². The lowest BCUT2D eigenvalue weighted by Gasteiger charge is -2.33. The Balaban J connectivity index is 1.78. The monoisotopic (exact) mass is 380 g/mol. The van der Waals surface area contributed by atoms with E-state index in [0.717, 1.165) is 26.5 Å². The Bertz CT molecular complexity index is 1020. The minimum Gasteiger partial charge on any atom is -0.507 e. The van der Waals surface area contributed by atoms with Gasteiger partial charge in [0.2, 0.25) is 0 Å². The number of hydrogen-bond acceptors (Lipinski definition) is 5. The van der Waals surface area contributed by atoms with Gasteiger partial charge < -0.3 is 10.0 Å². The molecule has 0 aliphatic carbocycles. The quantitative estimate of drug-likeness (QED) is 0.535. The number of fused-ring (bicyclic) bond motifs is 1. The number of phenols is 1. The highest BCUT2D eigenvalue weighted by Gasteiger charge is 2.22. The molecule has 2 heterocycles. The summed E-state index contributed by atoms with van der Waals surface area (Å²) in [5.74, 6) is 0.260. The Labute approximate surface area is 161 Å². The number of hydrogen-bond donors (Lipinski definition) is 1. The first-order valence-corrected chi connectivity index (χ1v) is 10.1. The molecule has 0 saturated carbocycles. The molecule has 3 nitrogen and oxygen atoms in total. The van der Waals surface area contributed by atoms with Crippen molar-refractivity contribution in [3.63, 3.8) is 0 Å². The third-order valence-corrected chi connectivity index (χ3v) is 7.03. The van der Waals surface area contributed by atoms with Crippen LogP contribution in [0.5, 0.6) is 5.75 Å². The highest BCUT2D eigenvalue weighted by Crippen LogP contribution is 2.43. The number of rotatable bonds is 2. The summed E-state index contributed by atoms with van der Waals surface area (Å²) >= 11 is 3.41. The molecule has 5 heteroatoms. The van der Waals surface area contributed by atoms with Crippen LogP contribution in [-0.4, -0.2) is 10.1 Å². The molecule has 0 radical (unpaired) electrons. The second kappa shape index (κ2) is 6.49. The summed E-state index contributed by atoms with van der Waals surface area (Å²) in [6.45, 7) is 8.52. The predicted octanol–water partition coefficient (Wildman–Crippen LogP) is 6.72. The predicted molar refractivity (Wildman–Crippen MR) is 114 cm³/mol. The number of nitrogens with zero attached hydrogens (tertiary/aromatic N) is 2. The first kappa shape index (κ1) is 17.2. The van der Waals surface area contributed by atoms with Crippen LogP contribution in [0.3, 0.4) is 0 Å². The molecule has 4 rings (SSSR count). The van der Waals surface area contributed by atoms with Crippen molar-refractivity contribution in [3.05, 3.63) is 63.7 Å². The van der Waals surface area contributed by atoms with Crippen molar-refractivity contribution >= 4 is 39.0 Å². The molecule has 0 unspecified atom stereocenters. The third-order valence-electron chi connectivity index (χ3n) is 4.76.